The fourth-order valence-corrected chi connectivity index (χ4v) is 3.66. The Hall–Kier alpha value is -3.65. The number of nitrogens with zero attached hydrogens (tertiary/aromatic N) is 2. The van der Waals surface area contributed by atoms with Crippen molar-refractivity contribution in [3.05, 3.63) is 76.7 Å². The van der Waals surface area contributed by atoms with Crippen molar-refractivity contribution < 1.29 is 14.3 Å². The number of methoxy groups -OCH3 is 1. The number of amides is 1. The number of carbonyl (C=O) groups excluding carboxylic acids is 1. The highest BCUT2D eigenvalue weighted by atomic mass is 32.1. The van der Waals surface area contributed by atoms with E-state index in [0.717, 1.165) is 0 Å². The van der Waals surface area contributed by atoms with Crippen LogP contribution in [-0.4, -0.2) is 22.6 Å². The number of hydrogen-bond donors (Lipinski definition) is 1. The molecular weight excluding hydrogens is 402 g/mol. The van der Waals surface area contributed by atoms with E-state index in [2.05, 4.69) is 10.3 Å². The summed E-state index contributed by atoms with van der Waals surface area (Å²) in [5.41, 5.74) is 0.512. The van der Waals surface area contributed by atoms with Crippen LogP contribution >= 0.6 is 11.3 Å². The molecule has 0 aliphatic carbocycles. The van der Waals surface area contributed by atoms with Crippen molar-refractivity contribution in [2.75, 3.05) is 12.4 Å². The molecule has 0 saturated heterocycles. The van der Waals surface area contributed by atoms with Crippen LogP contribution < -0.4 is 20.3 Å². The normalized spacial score (nSPS) is 10.7. The summed E-state index contributed by atoms with van der Waals surface area (Å²) in [7, 11) is 1.59. The van der Waals surface area contributed by atoms with Crippen LogP contribution in [0.2, 0.25) is 0 Å². The summed E-state index contributed by atoms with van der Waals surface area (Å²) in [4.78, 5) is 29.6. The van der Waals surface area contributed by atoms with Gasteiger partial charge in [-0.1, -0.05) is 12.1 Å². The average Bonchev–Trinajstić information content (AvgIpc) is 3.25. The van der Waals surface area contributed by atoms with Gasteiger partial charge >= 0.3 is 0 Å². The second-order valence-electron chi connectivity index (χ2n) is 6.46. The van der Waals surface area contributed by atoms with Crippen molar-refractivity contribution >= 4 is 33.1 Å². The SMILES string of the molecule is COc1ccccc1Oc1ccc(NC(=O)CCn2cnc3sccc3c2=O)cc1. The second-order valence-corrected chi connectivity index (χ2v) is 7.35. The van der Waals surface area contributed by atoms with Crippen molar-refractivity contribution in [3.63, 3.8) is 0 Å². The van der Waals surface area contributed by atoms with E-state index < -0.39 is 0 Å². The van der Waals surface area contributed by atoms with Gasteiger partial charge in [-0.15, -0.1) is 11.3 Å². The summed E-state index contributed by atoms with van der Waals surface area (Å²) < 4.78 is 12.6. The molecule has 0 spiro atoms. The maximum absolute atomic E-state index is 12.4. The molecule has 1 amide bonds. The molecule has 8 heteroatoms. The van der Waals surface area contributed by atoms with Crippen LogP contribution in [0, 0.1) is 0 Å². The molecule has 0 aliphatic rings. The summed E-state index contributed by atoms with van der Waals surface area (Å²) in [5, 5.41) is 5.23. The van der Waals surface area contributed by atoms with E-state index >= 15 is 0 Å². The second kappa shape index (κ2) is 8.79. The third kappa shape index (κ3) is 4.33. The standard InChI is InChI=1S/C22H19N3O4S/c1-28-18-4-2-3-5-19(18)29-16-8-6-15(7-9-16)24-20(26)10-12-25-14-23-21-17(22(25)27)11-13-30-21/h2-9,11,13-14H,10,12H2,1H3,(H,24,26). The van der Waals surface area contributed by atoms with Gasteiger partial charge in [0.2, 0.25) is 5.91 Å². The number of para-hydroxylation sites is 2. The van der Waals surface area contributed by atoms with Crippen LogP contribution in [-0.2, 0) is 11.3 Å². The maximum Gasteiger partial charge on any atom is 0.262 e. The van der Waals surface area contributed by atoms with E-state index in [4.69, 9.17) is 9.47 Å². The molecule has 2 aromatic carbocycles. The number of nitrogens with one attached hydrogen (secondary N) is 1. The molecule has 1 N–H and O–H groups in total. The van der Waals surface area contributed by atoms with Crippen LogP contribution in [0.1, 0.15) is 6.42 Å². The van der Waals surface area contributed by atoms with E-state index in [1.54, 1.807) is 37.4 Å². The molecule has 0 bridgehead atoms. The topological polar surface area (TPSA) is 82.4 Å². The van der Waals surface area contributed by atoms with E-state index in [9.17, 15) is 9.59 Å². The first-order valence-corrected chi connectivity index (χ1v) is 10.2. The zero-order chi connectivity index (χ0) is 20.9. The number of aryl methyl sites for hydroxylation is 1. The average molecular weight is 421 g/mol. The number of hydrogen-bond acceptors (Lipinski definition) is 6. The lowest BCUT2D eigenvalue weighted by Gasteiger charge is -2.11. The molecule has 0 fully saturated rings. The molecule has 0 radical (unpaired) electrons. The van der Waals surface area contributed by atoms with Gasteiger partial charge in [-0.3, -0.25) is 14.2 Å². The highest BCUT2D eigenvalue weighted by molar-refractivity contribution is 7.16. The quantitative estimate of drug-likeness (QED) is 0.481. The summed E-state index contributed by atoms with van der Waals surface area (Å²) in [6.45, 7) is 0.262. The number of anilines is 1. The molecule has 4 rings (SSSR count). The first kappa shape index (κ1) is 19.7. The Morgan fingerprint density at radius 3 is 2.63 bits per heavy atom. The Morgan fingerprint density at radius 2 is 1.87 bits per heavy atom. The molecule has 2 aromatic heterocycles. The van der Waals surface area contributed by atoms with Gasteiger partial charge in [0.05, 0.1) is 18.8 Å². The van der Waals surface area contributed by atoms with E-state index in [-0.39, 0.29) is 24.4 Å². The molecule has 30 heavy (non-hydrogen) atoms. The van der Waals surface area contributed by atoms with Crippen LogP contribution in [0.4, 0.5) is 5.69 Å². The van der Waals surface area contributed by atoms with Crippen LogP contribution in [0.5, 0.6) is 17.2 Å². The molecule has 0 unspecified atom stereocenters. The van der Waals surface area contributed by atoms with Crippen molar-refractivity contribution in [1.29, 1.82) is 0 Å². The molecule has 0 atom stereocenters. The van der Waals surface area contributed by atoms with E-state index in [1.165, 1.54) is 22.2 Å². The minimum Gasteiger partial charge on any atom is -0.493 e. The van der Waals surface area contributed by atoms with Crippen molar-refractivity contribution in [2.45, 2.75) is 13.0 Å². The highest BCUT2D eigenvalue weighted by Gasteiger charge is 2.09. The highest BCUT2D eigenvalue weighted by Crippen LogP contribution is 2.31. The van der Waals surface area contributed by atoms with E-state index in [1.807, 2.05) is 29.6 Å². The van der Waals surface area contributed by atoms with Gasteiger partial charge in [0, 0.05) is 18.7 Å². The van der Waals surface area contributed by atoms with Gasteiger partial charge in [0.1, 0.15) is 10.6 Å². The largest absolute Gasteiger partial charge is 0.493 e. The lowest BCUT2D eigenvalue weighted by atomic mass is 10.2. The number of benzene rings is 2. The number of aromatic nitrogens is 2. The van der Waals surface area contributed by atoms with Crippen LogP contribution in [0.25, 0.3) is 10.2 Å². The number of rotatable bonds is 7. The van der Waals surface area contributed by atoms with Crippen molar-refractivity contribution in [3.8, 4) is 17.2 Å². The van der Waals surface area contributed by atoms with Gasteiger partial charge in [-0.25, -0.2) is 4.98 Å². The Balaban J connectivity index is 1.35. The van der Waals surface area contributed by atoms with Crippen molar-refractivity contribution in [2.24, 2.45) is 0 Å². The summed E-state index contributed by atoms with van der Waals surface area (Å²) in [6, 6.07) is 16.2. The fraction of sp³-hybridized carbons (Fsp3) is 0.136. The molecule has 0 saturated carbocycles. The zero-order valence-electron chi connectivity index (χ0n) is 16.2. The maximum atomic E-state index is 12.4. The molecule has 0 aliphatic heterocycles. The summed E-state index contributed by atoms with van der Waals surface area (Å²) in [6.07, 6.45) is 1.65. The van der Waals surface area contributed by atoms with Gasteiger partial charge in [-0.05, 0) is 47.8 Å². The third-order valence-corrected chi connectivity index (χ3v) is 5.29. The predicted molar refractivity (Wildman–Crippen MR) is 117 cm³/mol. The smallest absolute Gasteiger partial charge is 0.262 e. The molecular formula is C22H19N3O4S. The number of fused-ring (bicyclic) bond motifs is 1. The van der Waals surface area contributed by atoms with Crippen LogP contribution in [0.3, 0.4) is 0 Å². The lowest BCUT2D eigenvalue weighted by Crippen LogP contribution is -2.23. The Labute approximate surface area is 176 Å². The van der Waals surface area contributed by atoms with Gasteiger partial charge in [0.15, 0.2) is 11.5 Å². The minimum absolute atomic E-state index is 0.133. The van der Waals surface area contributed by atoms with Gasteiger partial charge in [-0.2, -0.15) is 0 Å². The van der Waals surface area contributed by atoms with Crippen molar-refractivity contribution in [1.82, 2.24) is 9.55 Å². The minimum atomic E-state index is -0.189. The predicted octanol–water partition coefficient (Wildman–Crippen LogP) is 4.29. The molecule has 2 heterocycles. The van der Waals surface area contributed by atoms with Crippen LogP contribution in [0.15, 0.2) is 71.1 Å². The molecule has 7 nitrogen and oxygen atoms in total. The number of ether oxygens (including phenoxy) is 2. The molecule has 152 valence electrons. The Bertz CT molecular complexity index is 1230. The monoisotopic (exact) mass is 421 g/mol. The van der Waals surface area contributed by atoms with Gasteiger partial charge < -0.3 is 14.8 Å². The lowest BCUT2D eigenvalue weighted by molar-refractivity contribution is -0.116. The number of thiophene rings is 1. The fourth-order valence-electron chi connectivity index (χ4n) is 2.93. The third-order valence-electron chi connectivity index (χ3n) is 4.47. The summed E-state index contributed by atoms with van der Waals surface area (Å²) in [5.74, 6) is 1.68. The summed E-state index contributed by atoms with van der Waals surface area (Å²) >= 11 is 1.42. The Kier molecular flexibility index (Phi) is 5.76. The first-order chi connectivity index (χ1) is 14.6. The Morgan fingerprint density at radius 1 is 1.10 bits per heavy atom. The molecule has 4 aromatic rings. The first-order valence-electron chi connectivity index (χ1n) is 9.27. The van der Waals surface area contributed by atoms with E-state index in [0.29, 0.717) is 33.2 Å². The number of carbonyl (C=O) groups is 1. The van der Waals surface area contributed by atoms with Gasteiger partial charge in [0.25, 0.3) is 5.56 Å². The zero-order valence-corrected chi connectivity index (χ0v) is 17.0.